The lowest BCUT2D eigenvalue weighted by atomic mass is 10.1. The highest BCUT2D eigenvalue weighted by Gasteiger charge is 2.17. The zero-order chi connectivity index (χ0) is 24.2. The van der Waals surface area contributed by atoms with Gasteiger partial charge in [0, 0.05) is 17.3 Å². The number of hydrogen-bond donors (Lipinski definition) is 2. The van der Waals surface area contributed by atoms with E-state index >= 15 is 0 Å². The molecule has 0 spiro atoms. The van der Waals surface area contributed by atoms with E-state index in [0.29, 0.717) is 41.7 Å². The van der Waals surface area contributed by atoms with E-state index in [4.69, 9.17) is 9.47 Å². The smallest absolute Gasteiger partial charge is 0.258 e. The minimum absolute atomic E-state index is 0.0882. The van der Waals surface area contributed by atoms with Crippen molar-refractivity contribution in [2.45, 2.75) is 6.54 Å². The molecule has 4 aromatic rings. The zero-order valence-corrected chi connectivity index (χ0v) is 18.3. The lowest BCUT2D eigenvalue weighted by Gasteiger charge is -2.18. The monoisotopic (exact) mass is 474 g/mol. The van der Waals surface area contributed by atoms with Crippen LogP contribution in [0.2, 0.25) is 0 Å². The van der Waals surface area contributed by atoms with Crippen molar-refractivity contribution in [3.8, 4) is 22.9 Å². The molecule has 11 heteroatoms. The molecule has 1 aromatic heterocycles. The number of tetrazole rings is 1. The summed E-state index contributed by atoms with van der Waals surface area (Å²) in [5, 5.41) is 17.6. The van der Waals surface area contributed by atoms with Gasteiger partial charge in [0.05, 0.1) is 11.3 Å². The topological polar surface area (TPSA) is 120 Å². The molecule has 2 N–H and O–H groups in total. The SMILES string of the molecule is O=C(Cn1nnc(-c2ccccc2NC(=O)c2ccccc2F)n1)Nc1ccc2c(c1)OCCO2. The van der Waals surface area contributed by atoms with Crippen LogP contribution in [0.25, 0.3) is 11.4 Å². The molecule has 3 aromatic carbocycles. The zero-order valence-electron chi connectivity index (χ0n) is 18.3. The highest BCUT2D eigenvalue weighted by Crippen LogP contribution is 2.32. The number of aromatic nitrogens is 4. The molecule has 0 atom stereocenters. The van der Waals surface area contributed by atoms with Gasteiger partial charge in [-0.15, -0.1) is 10.2 Å². The Morgan fingerprint density at radius 3 is 2.57 bits per heavy atom. The number of hydrogen-bond acceptors (Lipinski definition) is 7. The molecule has 176 valence electrons. The van der Waals surface area contributed by atoms with Crippen molar-refractivity contribution < 1.29 is 23.5 Å². The van der Waals surface area contributed by atoms with Gasteiger partial charge >= 0.3 is 0 Å². The summed E-state index contributed by atoms with van der Waals surface area (Å²) in [6.07, 6.45) is 0. The number of nitrogens with zero attached hydrogens (tertiary/aromatic N) is 4. The molecule has 2 heterocycles. The summed E-state index contributed by atoms with van der Waals surface area (Å²) in [6, 6.07) is 17.6. The van der Waals surface area contributed by atoms with Crippen LogP contribution in [0.3, 0.4) is 0 Å². The lowest BCUT2D eigenvalue weighted by Crippen LogP contribution is -2.21. The quantitative estimate of drug-likeness (QED) is 0.440. The van der Waals surface area contributed by atoms with Crippen LogP contribution in [0.15, 0.2) is 66.7 Å². The number of anilines is 2. The van der Waals surface area contributed by atoms with Gasteiger partial charge in [-0.05, 0) is 41.6 Å². The van der Waals surface area contributed by atoms with Crippen LogP contribution in [0.4, 0.5) is 15.8 Å². The van der Waals surface area contributed by atoms with Gasteiger partial charge in [0.15, 0.2) is 11.5 Å². The Morgan fingerprint density at radius 1 is 0.943 bits per heavy atom. The summed E-state index contributed by atoms with van der Waals surface area (Å²) in [6.45, 7) is 0.735. The molecular weight excluding hydrogens is 455 g/mol. The highest BCUT2D eigenvalue weighted by atomic mass is 19.1. The predicted octanol–water partition coefficient (Wildman–Crippen LogP) is 3.14. The minimum Gasteiger partial charge on any atom is -0.486 e. The second kappa shape index (κ2) is 9.59. The fraction of sp³-hybridized carbons (Fsp3) is 0.125. The Labute approximate surface area is 198 Å². The van der Waals surface area contributed by atoms with E-state index in [0.717, 1.165) is 4.80 Å². The molecule has 0 bridgehead atoms. The molecule has 0 radical (unpaired) electrons. The first-order chi connectivity index (χ1) is 17.1. The molecule has 0 fully saturated rings. The summed E-state index contributed by atoms with van der Waals surface area (Å²) in [7, 11) is 0. The molecule has 0 saturated carbocycles. The standard InChI is InChI=1S/C24H19FN6O4/c25-18-7-3-1-5-16(18)24(33)27-19-8-4-2-6-17(19)23-28-30-31(29-23)14-22(32)26-15-9-10-20-21(13-15)35-12-11-34-20/h1-10,13H,11-12,14H2,(H,26,32)(H,27,33). The molecule has 10 nitrogen and oxygen atoms in total. The highest BCUT2D eigenvalue weighted by molar-refractivity contribution is 6.06. The van der Waals surface area contributed by atoms with Gasteiger partial charge in [-0.25, -0.2) is 4.39 Å². The largest absolute Gasteiger partial charge is 0.486 e. The van der Waals surface area contributed by atoms with Crippen molar-refractivity contribution in [3.05, 3.63) is 78.1 Å². The van der Waals surface area contributed by atoms with Crippen molar-refractivity contribution in [2.75, 3.05) is 23.8 Å². The maximum atomic E-state index is 14.0. The number of halogens is 1. The van der Waals surface area contributed by atoms with Crippen molar-refractivity contribution >= 4 is 23.2 Å². The Kier molecular flexibility index (Phi) is 6.03. The van der Waals surface area contributed by atoms with Crippen LogP contribution < -0.4 is 20.1 Å². The Balaban J connectivity index is 1.28. The van der Waals surface area contributed by atoms with E-state index in [2.05, 4.69) is 26.0 Å². The van der Waals surface area contributed by atoms with Gasteiger partial charge in [-0.3, -0.25) is 9.59 Å². The maximum absolute atomic E-state index is 14.0. The van der Waals surface area contributed by atoms with Gasteiger partial charge in [-0.1, -0.05) is 24.3 Å². The first-order valence-corrected chi connectivity index (χ1v) is 10.7. The Hall–Kier alpha value is -4.80. The van der Waals surface area contributed by atoms with Gasteiger partial charge in [0.2, 0.25) is 11.7 Å². The average molecular weight is 474 g/mol. The minimum atomic E-state index is -0.629. The summed E-state index contributed by atoms with van der Waals surface area (Å²) in [5.41, 5.74) is 1.30. The van der Waals surface area contributed by atoms with Crippen LogP contribution in [0.1, 0.15) is 10.4 Å². The van der Waals surface area contributed by atoms with Gasteiger partial charge in [0.25, 0.3) is 5.91 Å². The number of benzene rings is 3. The summed E-state index contributed by atoms with van der Waals surface area (Å²) >= 11 is 0. The predicted molar refractivity (Wildman–Crippen MR) is 124 cm³/mol. The van der Waals surface area contributed by atoms with Crippen molar-refractivity contribution in [1.82, 2.24) is 20.2 Å². The Bertz CT molecular complexity index is 1410. The van der Waals surface area contributed by atoms with E-state index in [1.165, 1.54) is 18.2 Å². The second-order valence-electron chi connectivity index (χ2n) is 7.53. The third-order valence-electron chi connectivity index (χ3n) is 5.10. The van der Waals surface area contributed by atoms with Crippen molar-refractivity contribution in [3.63, 3.8) is 0 Å². The number of fused-ring (bicyclic) bond motifs is 1. The van der Waals surface area contributed by atoms with E-state index in [1.807, 2.05) is 0 Å². The number of carbonyl (C=O) groups excluding carboxylic acids is 2. The molecule has 0 unspecified atom stereocenters. The number of rotatable bonds is 6. The van der Waals surface area contributed by atoms with Crippen LogP contribution in [-0.4, -0.2) is 45.2 Å². The van der Waals surface area contributed by atoms with Crippen LogP contribution in [-0.2, 0) is 11.3 Å². The first kappa shape index (κ1) is 22.0. The summed E-state index contributed by atoms with van der Waals surface area (Å²) < 4.78 is 25.0. The molecular formula is C24H19FN6O4. The number of para-hydroxylation sites is 1. The fourth-order valence-corrected chi connectivity index (χ4v) is 3.49. The normalized spacial score (nSPS) is 12.1. The third-order valence-corrected chi connectivity index (χ3v) is 5.10. The Morgan fingerprint density at radius 2 is 1.71 bits per heavy atom. The molecule has 0 aliphatic carbocycles. The van der Waals surface area contributed by atoms with E-state index in [-0.39, 0.29) is 23.8 Å². The lowest BCUT2D eigenvalue weighted by molar-refractivity contribution is -0.117. The third kappa shape index (κ3) is 4.93. The summed E-state index contributed by atoms with van der Waals surface area (Å²) in [5.74, 6) is -0.229. The van der Waals surface area contributed by atoms with Crippen LogP contribution >= 0.6 is 0 Å². The van der Waals surface area contributed by atoms with Crippen molar-refractivity contribution in [1.29, 1.82) is 0 Å². The van der Waals surface area contributed by atoms with Gasteiger partial charge < -0.3 is 20.1 Å². The molecule has 0 saturated heterocycles. The van der Waals surface area contributed by atoms with Crippen molar-refractivity contribution in [2.24, 2.45) is 0 Å². The average Bonchev–Trinajstić information content (AvgIpc) is 3.32. The van der Waals surface area contributed by atoms with Gasteiger partial charge in [-0.2, -0.15) is 4.80 Å². The number of carbonyl (C=O) groups is 2. The molecule has 1 aliphatic heterocycles. The molecule has 5 rings (SSSR count). The maximum Gasteiger partial charge on any atom is 0.258 e. The van der Waals surface area contributed by atoms with E-state index < -0.39 is 11.7 Å². The van der Waals surface area contributed by atoms with Crippen LogP contribution in [0, 0.1) is 5.82 Å². The summed E-state index contributed by atoms with van der Waals surface area (Å²) in [4.78, 5) is 26.2. The van der Waals surface area contributed by atoms with E-state index in [1.54, 1.807) is 48.5 Å². The van der Waals surface area contributed by atoms with E-state index in [9.17, 15) is 14.0 Å². The fourth-order valence-electron chi connectivity index (χ4n) is 3.49. The molecule has 1 aliphatic rings. The van der Waals surface area contributed by atoms with Crippen LogP contribution in [0.5, 0.6) is 11.5 Å². The number of amides is 2. The first-order valence-electron chi connectivity index (χ1n) is 10.7. The van der Waals surface area contributed by atoms with Gasteiger partial charge in [0.1, 0.15) is 25.6 Å². The number of ether oxygens (including phenoxy) is 2. The second-order valence-corrected chi connectivity index (χ2v) is 7.53. The number of nitrogens with one attached hydrogen (secondary N) is 2. The molecule has 2 amide bonds. The molecule has 35 heavy (non-hydrogen) atoms.